The minimum Gasteiger partial charge on any atom is -0.311 e. The van der Waals surface area contributed by atoms with Gasteiger partial charge in [-0.15, -0.1) is 0 Å². The number of hydrogen-bond donors (Lipinski definition) is 1. The Bertz CT molecular complexity index is 452. The summed E-state index contributed by atoms with van der Waals surface area (Å²) in [5.41, 5.74) is 1.35. The molecule has 0 amide bonds. The van der Waals surface area contributed by atoms with Crippen LogP contribution in [0.15, 0.2) is 24.3 Å². The van der Waals surface area contributed by atoms with Gasteiger partial charge in [0, 0.05) is 17.1 Å². The zero-order chi connectivity index (χ0) is 14.1. The molecule has 0 aromatic heterocycles. The quantitative estimate of drug-likeness (QED) is 0.823. The molecule has 0 heterocycles. The molecule has 1 aromatic rings. The molecule has 0 spiro atoms. The number of hydrogen-bond acceptors (Lipinski definition) is 1. The van der Waals surface area contributed by atoms with Gasteiger partial charge < -0.3 is 5.32 Å². The summed E-state index contributed by atoms with van der Waals surface area (Å²) in [6, 6.07) is 9.78. The molecule has 2 fully saturated rings. The number of benzene rings is 1. The van der Waals surface area contributed by atoms with Crippen molar-refractivity contribution in [2.75, 3.05) is 0 Å². The van der Waals surface area contributed by atoms with Crippen LogP contribution in [0.25, 0.3) is 0 Å². The number of halogens is 1. The summed E-state index contributed by atoms with van der Waals surface area (Å²) in [5, 5.41) is 4.85. The van der Waals surface area contributed by atoms with E-state index in [0.717, 1.165) is 22.9 Å². The van der Waals surface area contributed by atoms with E-state index in [9.17, 15) is 0 Å². The molecule has 0 saturated heterocycles. The van der Waals surface area contributed by atoms with E-state index in [1.165, 1.54) is 37.7 Å². The second-order valence-electron chi connectivity index (χ2n) is 6.76. The molecule has 2 saturated carbocycles. The van der Waals surface area contributed by atoms with Crippen molar-refractivity contribution in [3.63, 3.8) is 0 Å². The predicted molar refractivity (Wildman–Crippen MR) is 86.3 cm³/mol. The van der Waals surface area contributed by atoms with Crippen molar-refractivity contribution in [3.05, 3.63) is 34.9 Å². The van der Waals surface area contributed by atoms with E-state index in [1.807, 2.05) is 12.1 Å². The van der Waals surface area contributed by atoms with E-state index in [1.54, 1.807) is 0 Å². The molecule has 3 atom stereocenters. The van der Waals surface area contributed by atoms with Gasteiger partial charge in [-0.05, 0) is 55.1 Å². The Balaban J connectivity index is 1.51. The predicted octanol–water partition coefficient (Wildman–Crippen LogP) is 5.00. The largest absolute Gasteiger partial charge is 0.311 e. The highest BCUT2D eigenvalue weighted by molar-refractivity contribution is 6.31. The molecule has 2 aliphatic rings. The lowest BCUT2D eigenvalue weighted by Gasteiger charge is -2.39. The summed E-state index contributed by atoms with van der Waals surface area (Å²) >= 11 is 6.29. The monoisotopic (exact) mass is 291 g/mol. The van der Waals surface area contributed by atoms with Gasteiger partial charge in [0.1, 0.15) is 0 Å². The van der Waals surface area contributed by atoms with E-state index >= 15 is 0 Å². The van der Waals surface area contributed by atoms with Gasteiger partial charge in [-0.3, -0.25) is 0 Å². The first-order chi connectivity index (χ1) is 9.69. The maximum absolute atomic E-state index is 6.29. The third-order valence-corrected chi connectivity index (χ3v) is 6.03. The summed E-state index contributed by atoms with van der Waals surface area (Å²) in [7, 11) is 0. The second kappa shape index (κ2) is 6.07. The van der Waals surface area contributed by atoms with Crippen LogP contribution < -0.4 is 5.32 Å². The van der Waals surface area contributed by atoms with Gasteiger partial charge in [-0.2, -0.15) is 0 Å². The van der Waals surface area contributed by atoms with E-state index in [0.29, 0.717) is 12.0 Å². The lowest BCUT2D eigenvalue weighted by Crippen LogP contribution is -2.46. The van der Waals surface area contributed by atoms with Crippen molar-refractivity contribution in [2.24, 2.45) is 11.8 Å². The van der Waals surface area contributed by atoms with Crippen molar-refractivity contribution < 1.29 is 0 Å². The normalized spacial score (nSPS) is 36.9. The fourth-order valence-electron chi connectivity index (χ4n) is 4.18. The molecule has 0 aliphatic heterocycles. The maximum atomic E-state index is 6.29. The van der Waals surface area contributed by atoms with E-state index in [4.69, 9.17) is 11.6 Å². The Hall–Kier alpha value is -0.530. The highest BCUT2D eigenvalue weighted by Crippen LogP contribution is 2.42. The highest BCUT2D eigenvalue weighted by atomic mass is 35.5. The summed E-state index contributed by atoms with van der Waals surface area (Å²) in [4.78, 5) is 0. The number of nitrogens with one attached hydrogen (secondary N) is 1. The molecule has 2 aliphatic carbocycles. The minimum atomic E-state index is 0.667. The molecule has 1 nitrogen and oxygen atoms in total. The summed E-state index contributed by atoms with van der Waals surface area (Å²) < 4.78 is 0. The third kappa shape index (κ3) is 2.76. The van der Waals surface area contributed by atoms with Crippen molar-refractivity contribution in [1.82, 2.24) is 5.32 Å². The van der Waals surface area contributed by atoms with Gasteiger partial charge in [0.15, 0.2) is 0 Å². The Morgan fingerprint density at radius 3 is 2.60 bits per heavy atom. The van der Waals surface area contributed by atoms with E-state index in [2.05, 4.69) is 31.3 Å². The standard InChI is InChI=1S/C18H26ClN/c1-3-13-8-9-18(12(13)2)20-15-10-14(11-15)16-6-4-5-7-17(16)19/h4-7,12-15,18,20H,3,8-11H2,1-2H3. The number of rotatable bonds is 4. The molecule has 3 unspecified atom stereocenters. The molecule has 0 bridgehead atoms. The van der Waals surface area contributed by atoms with Crippen molar-refractivity contribution in [2.45, 2.75) is 64.0 Å². The molecular weight excluding hydrogens is 266 g/mol. The van der Waals surface area contributed by atoms with Crippen LogP contribution in [0.2, 0.25) is 5.02 Å². The Kier molecular flexibility index (Phi) is 4.37. The van der Waals surface area contributed by atoms with Gasteiger partial charge in [-0.1, -0.05) is 50.1 Å². The van der Waals surface area contributed by atoms with Crippen LogP contribution in [0.3, 0.4) is 0 Å². The minimum absolute atomic E-state index is 0.667. The van der Waals surface area contributed by atoms with Crippen LogP contribution in [0.4, 0.5) is 0 Å². The first kappa shape index (κ1) is 14.4. The second-order valence-corrected chi connectivity index (χ2v) is 7.17. The fraction of sp³-hybridized carbons (Fsp3) is 0.667. The topological polar surface area (TPSA) is 12.0 Å². The Morgan fingerprint density at radius 1 is 1.20 bits per heavy atom. The molecule has 20 heavy (non-hydrogen) atoms. The van der Waals surface area contributed by atoms with Gasteiger partial charge in [0.2, 0.25) is 0 Å². The SMILES string of the molecule is CCC1CCC(NC2CC(c3ccccc3Cl)C2)C1C. The lowest BCUT2D eigenvalue weighted by molar-refractivity contribution is 0.236. The van der Waals surface area contributed by atoms with Crippen LogP contribution in [0.5, 0.6) is 0 Å². The Labute approximate surface area is 128 Å². The Morgan fingerprint density at radius 2 is 1.95 bits per heavy atom. The van der Waals surface area contributed by atoms with E-state index < -0.39 is 0 Å². The van der Waals surface area contributed by atoms with Gasteiger partial charge in [0.05, 0.1) is 0 Å². The average Bonchev–Trinajstić information content (AvgIpc) is 2.75. The molecule has 1 N–H and O–H groups in total. The molecule has 110 valence electrons. The molecule has 3 rings (SSSR count). The molecular formula is C18H26ClN. The lowest BCUT2D eigenvalue weighted by atomic mass is 9.75. The van der Waals surface area contributed by atoms with Crippen molar-refractivity contribution in [1.29, 1.82) is 0 Å². The van der Waals surface area contributed by atoms with Gasteiger partial charge in [-0.25, -0.2) is 0 Å². The summed E-state index contributed by atoms with van der Waals surface area (Å²) in [6.45, 7) is 4.77. The average molecular weight is 292 g/mol. The third-order valence-electron chi connectivity index (χ3n) is 5.68. The van der Waals surface area contributed by atoms with Crippen LogP contribution >= 0.6 is 11.6 Å². The zero-order valence-corrected chi connectivity index (χ0v) is 13.4. The van der Waals surface area contributed by atoms with Gasteiger partial charge in [0.25, 0.3) is 0 Å². The van der Waals surface area contributed by atoms with Gasteiger partial charge >= 0.3 is 0 Å². The first-order valence-electron chi connectivity index (χ1n) is 8.19. The first-order valence-corrected chi connectivity index (χ1v) is 8.57. The molecule has 1 aromatic carbocycles. The zero-order valence-electron chi connectivity index (χ0n) is 12.6. The van der Waals surface area contributed by atoms with Crippen LogP contribution in [-0.2, 0) is 0 Å². The van der Waals surface area contributed by atoms with E-state index in [-0.39, 0.29) is 0 Å². The summed E-state index contributed by atoms with van der Waals surface area (Å²) in [6.07, 6.45) is 6.63. The molecule has 0 radical (unpaired) electrons. The maximum Gasteiger partial charge on any atom is 0.0440 e. The van der Waals surface area contributed by atoms with Crippen LogP contribution in [0.1, 0.15) is 57.4 Å². The van der Waals surface area contributed by atoms with Crippen LogP contribution in [0, 0.1) is 11.8 Å². The van der Waals surface area contributed by atoms with Crippen LogP contribution in [-0.4, -0.2) is 12.1 Å². The van der Waals surface area contributed by atoms with Crippen molar-refractivity contribution >= 4 is 11.6 Å². The summed E-state index contributed by atoms with van der Waals surface area (Å²) in [5.74, 6) is 2.45. The fourth-order valence-corrected chi connectivity index (χ4v) is 4.47. The molecule has 2 heteroatoms. The highest BCUT2D eigenvalue weighted by Gasteiger charge is 2.37. The smallest absolute Gasteiger partial charge is 0.0440 e. The van der Waals surface area contributed by atoms with Crippen molar-refractivity contribution in [3.8, 4) is 0 Å².